The van der Waals surface area contributed by atoms with Gasteiger partial charge < -0.3 is 9.80 Å². The second-order valence-electron chi connectivity index (χ2n) is 5.77. The highest BCUT2D eigenvalue weighted by molar-refractivity contribution is 6.31. The van der Waals surface area contributed by atoms with E-state index in [0.717, 1.165) is 30.2 Å². The Morgan fingerprint density at radius 3 is 2.61 bits per heavy atom. The summed E-state index contributed by atoms with van der Waals surface area (Å²) in [6.45, 7) is 7.10. The third kappa shape index (κ3) is 3.47. The first kappa shape index (κ1) is 15.8. The Bertz CT molecular complexity index is 687. The van der Waals surface area contributed by atoms with Gasteiger partial charge in [-0.1, -0.05) is 17.7 Å². The zero-order chi connectivity index (χ0) is 16.4. The van der Waals surface area contributed by atoms with Gasteiger partial charge >= 0.3 is 0 Å². The Kier molecular flexibility index (Phi) is 4.52. The van der Waals surface area contributed by atoms with Crippen molar-refractivity contribution in [3.05, 3.63) is 40.8 Å². The summed E-state index contributed by atoms with van der Waals surface area (Å²) in [5.41, 5.74) is 1.91. The molecule has 0 spiro atoms. The number of hydrogen-bond acceptors (Lipinski definition) is 4. The van der Waals surface area contributed by atoms with Gasteiger partial charge in [-0.05, 0) is 25.5 Å². The fourth-order valence-electron chi connectivity index (χ4n) is 2.79. The number of piperazine rings is 1. The SMILES string of the molecule is Cc1cccnc1N1CCN(C(=O)Cn2cc(Cl)c(C)n2)CC1. The molecule has 0 unspecified atom stereocenters. The van der Waals surface area contributed by atoms with Gasteiger partial charge in [0.05, 0.1) is 10.7 Å². The minimum Gasteiger partial charge on any atom is -0.353 e. The van der Waals surface area contributed by atoms with Crippen LogP contribution >= 0.6 is 11.6 Å². The van der Waals surface area contributed by atoms with Gasteiger partial charge in [-0.2, -0.15) is 5.10 Å². The first-order chi connectivity index (χ1) is 11.0. The lowest BCUT2D eigenvalue weighted by molar-refractivity contribution is -0.132. The molecule has 0 bridgehead atoms. The van der Waals surface area contributed by atoms with Gasteiger partial charge in [0.15, 0.2) is 0 Å². The molecule has 2 aromatic rings. The van der Waals surface area contributed by atoms with E-state index in [1.165, 1.54) is 0 Å². The Morgan fingerprint density at radius 1 is 1.26 bits per heavy atom. The standard InChI is InChI=1S/C16H20ClN5O/c1-12-4-3-5-18-16(12)21-8-6-20(7-9-21)15(23)11-22-10-14(17)13(2)19-22/h3-5,10H,6-9,11H2,1-2H3. The number of rotatable bonds is 3. The van der Waals surface area contributed by atoms with Gasteiger partial charge in [-0.15, -0.1) is 0 Å². The summed E-state index contributed by atoms with van der Waals surface area (Å²) < 4.78 is 1.61. The van der Waals surface area contributed by atoms with E-state index in [1.807, 2.05) is 24.1 Å². The molecule has 23 heavy (non-hydrogen) atoms. The van der Waals surface area contributed by atoms with E-state index in [-0.39, 0.29) is 12.5 Å². The molecule has 0 aliphatic carbocycles. The zero-order valence-corrected chi connectivity index (χ0v) is 14.1. The molecule has 1 aliphatic rings. The molecule has 3 rings (SSSR count). The average Bonchev–Trinajstić information content (AvgIpc) is 2.86. The predicted octanol–water partition coefficient (Wildman–Crippen LogP) is 1.90. The number of pyridine rings is 1. The van der Waals surface area contributed by atoms with Crippen molar-refractivity contribution < 1.29 is 4.79 Å². The molecule has 0 aromatic carbocycles. The van der Waals surface area contributed by atoms with Crippen LogP contribution in [0.15, 0.2) is 24.5 Å². The van der Waals surface area contributed by atoms with Gasteiger partial charge in [0.25, 0.3) is 0 Å². The van der Waals surface area contributed by atoms with E-state index in [4.69, 9.17) is 11.6 Å². The molecule has 1 saturated heterocycles. The number of aromatic nitrogens is 3. The molecule has 0 N–H and O–H groups in total. The summed E-state index contributed by atoms with van der Waals surface area (Å²) in [4.78, 5) is 20.9. The fraction of sp³-hybridized carbons (Fsp3) is 0.438. The van der Waals surface area contributed by atoms with Crippen LogP contribution in [0.2, 0.25) is 5.02 Å². The van der Waals surface area contributed by atoms with Crippen molar-refractivity contribution in [1.82, 2.24) is 19.7 Å². The van der Waals surface area contributed by atoms with Crippen LogP contribution < -0.4 is 4.90 Å². The number of carbonyl (C=O) groups excluding carboxylic acids is 1. The van der Waals surface area contributed by atoms with Crippen LogP contribution in [-0.4, -0.2) is 51.8 Å². The lowest BCUT2D eigenvalue weighted by Crippen LogP contribution is -2.50. The number of hydrogen-bond donors (Lipinski definition) is 0. The maximum Gasteiger partial charge on any atom is 0.244 e. The smallest absolute Gasteiger partial charge is 0.244 e. The van der Waals surface area contributed by atoms with Crippen molar-refractivity contribution in [2.24, 2.45) is 0 Å². The Balaban J connectivity index is 1.58. The minimum atomic E-state index is 0.0709. The number of anilines is 1. The molecule has 7 heteroatoms. The van der Waals surface area contributed by atoms with Gasteiger partial charge in [-0.3, -0.25) is 9.48 Å². The molecule has 6 nitrogen and oxygen atoms in total. The fourth-order valence-corrected chi connectivity index (χ4v) is 2.94. The topological polar surface area (TPSA) is 54.3 Å². The van der Waals surface area contributed by atoms with Gasteiger partial charge in [0, 0.05) is 38.6 Å². The largest absolute Gasteiger partial charge is 0.353 e. The second kappa shape index (κ2) is 6.58. The van der Waals surface area contributed by atoms with E-state index < -0.39 is 0 Å². The van der Waals surface area contributed by atoms with Crippen LogP contribution in [0.3, 0.4) is 0 Å². The zero-order valence-electron chi connectivity index (χ0n) is 13.4. The third-order valence-corrected chi connectivity index (χ3v) is 4.47. The highest BCUT2D eigenvalue weighted by Gasteiger charge is 2.23. The van der Waals surface area contributed by atoms with E-state index in [1.54, 1.807) is 10.9 Å². The van der Waals surface area contributed by atoms with Crippen molar-refractivity contribution in [2.45, 2.75) is 20.4 Å². The second-order valence-corrected chi connectivity index (χ2v) is 6.18. The predicted molar refractivity (Wildman–Crippen MR) is 89.7 cm³/mol. The van der Waals surface area contributed by atoms with E-state index in [9.17, 15) is 4.79 Å². The Hall–Kier alpha value is -2.08. The normalized spacial score (nSPS) is 15.1. The molecule has 1 amide bonds. The Morgan fingerprint density at radius 2 is 2.00 bits per heavy atom. The lowest BCUT2D eigenvalue weighted by atomic mass is 10.2. The summed E-state index contributed by atoms with van der Waals surface area (Å²) in [7, 11) is 0. The molecular formula is C16H20ClN5O. The van der Waals surface area contributed by atoms with Crippen LogP contribution in [0.25, 0.3) is 0 Å². The number of nitrogens with zero attached hydrogens (tertiary/aromatic N) is 5. The van der Waals surface area contributed by atoms with Gasteiger partial charge in [-0.25, -0.2) is 4.98 Å². The molecular weight excluding hydrogens is 314 g/mol. The molecule has 122 valence electrons. The number of halogens is 1. The number of aryl methyl sites for hydroxylation is 2. The molecule has 0 radical (unpaired) electrons. The van der Waals surface area contributed by atoms with Crippen LogP contribution in [0.5, 0.6) is 0 Å². The van der Waals surface area contributed by atoms with E-state index in [2.05, 4.69) is 28.0 Å². The van der Waals surface area contributed by atoms with Gasteiger partial charge in [0.2, 0.25) is 5.91 Å². The summed E-state index contributed by atoms with van der Waals surface area (Å²) >= 11 is 5.98. The third-order valence-electron chi connectivity index (χ3n) is 4.10. The Labute approximate surface area is 140 Å². The van der Waals surface area contributed by atoms with Crippen molar-refractivity contribution in [1.29, 1.82) is 0 Å². The quantitative estimate of drug-likeness (QED) is 0.861. The molecule has 1 fully saturated rings. The summed E-state index contributed by atoms with van der Waals surface area (Å²) in [6, 6.07) is 4.00. The van der Waals surface area contributed by atoms with Crippen LogP contribution in [0, 0.1) is 13.8 Å². The summed E-state index contributed by atoms with van der Waals surface area (Å²) in [5, 5.41) is 4.83. The summed E-state index contributed by atoms with van der Waals surface area (Å²) in [6.07, 6.45) is 3.51. The number of carbonyl (C=O) groups is 1. The van der Waals surface area contributed by atoms with Crippen molar-refractivity contribution in [3.8, 4) is 0 Å². The maximum atomic E-state index is 12.4. The number of amides is 1. The lowest BCUT2D eigenvalue weighted by Gasteiger charge is -2.36. The summed E-state index contributed by atoms with van der Waals surface area (Å²) in [5.74, 6) is 1.08. The van der Waals surface area contributed by atoms with Crippen LogP contribution in [0.1, 0.15) is 11.3 Å². The van der Waals surface area contributed by atoms with E-state index >= 15 is 0 Å². The first-order valence-corrected chi connectivity index (χ1v) is 8.06. The van der Waals surface area contributed by atoms with Crippen LogP contribution in [0.4, 0.5) is 5.82 Å². The first-order valence-electron chi connectivity index (χ1n) is 7.68. The molecule has 1 aliphatic heterocycles. The monoisotopic (exact) mass is 333 g/mol. The highest BCUT2D eigenvalue weighted by atomic mass is 35.5. The minimum absolute atomic E-state index is 0.0709. The average molecular weight is 334 g/mol. The van der Waals surface area contributed by atoms with Crippen molar-refractivity contribution in [2.75, 3.05) is 31.1 Å². The highest BCUT2D eigenvalue weighted by Crippen LogP contribution is 2.18. The van der Waals surface area contributed by atoms with E-state index in [0.29, 0.717) is 18.1 Å². The van der Waals surface area contributed by atoms with Crippen LogP contribution in [-0.2, 0) is 11.3 Å². The van der Waals surface area contributed by atoms with Gasteiger partial charge in [0.1, 0.15) is 12.4 Å². The van der Waals surface area contributed by atoms with Crippen molar-refractivity contribution >= 4 is 23.3 Å². The molecule has 0 atom stereocenters. The maximum absolute atomic E-state index is 12.4. The molecule has 0 saturated carbocycles. The molecule has 3 heterocycles. The van der Waals surface area contributed by atoms with Crippen molar-refractivity contribution in [3.63, 3.8) is 0 Å². The molecule has 2 aromatic heterocycles.